The second-order valence-electron chi connectivity index (χ2n) is 4.59. The first-order valence-electron chi connectivity index (χ1n) is 6.74. The molecule has 0 unspecified atom stereocenters. The molecule has 1 rings (SSSR count). The van der Waals surface area contributed by atoms with E-state index in [0.29, 0.717) is 5.56 Å². The normalized spacial score (nSPS) is 9.95. The fraction of sp³-hybridized carbons (Fsp3) is 0.467. The SMILES string of the molecule is CCCCN(C)C(=O)CNc1ccc(C(=O)OC)cc1. The van der Waals surface area contributed by atoms with Crippen LogP contribution in [0, 0.1) is 0 Å². The Kier molecular flexibility index (Phi) is 6.56. The quantitative estimate of drug-likeness (QED) is 0.776. The molecule has 0 spiro atoms. The second kappa shape index (κ2) is 8.19. The smallest absolute Gasteiger partial charge is 0.337 e. The van der Waals surface area contributed by atoms with E-state index in [9.17, 15) is 9.59 Å². The highest BCUT2D eigenvalue weighted by Crippen LogP contribution is 2.10. The summed E-state index contributed by atoms with van der Waals surface area (Å²) in [6.45, 7) is 3.12. The average Bonchev–Trinajstić information content (AvgIpc) is 2.49. The molecule has 1 amide bonds. The molecule has 0 radical (unpaired) electrons. The maximum Gasteiger partial charge on any atom is 0.337 e. The van der Waals surface area contributed by atoms with Gasteiger partial charge in [0.2, 0.25) is 5.91 Å². The highest BCUT2D eigenvalue weighted by molar-refractivity contribution is 5.89. The lowest BCUT2D eigenvalue weighted by atomic mass is 10.2. The van der Waals surface area contributed by atoms with Gasteiger partial charge in [0.1, 0.15) is 0 Å². The standard InChI is InChI=1S/C15H22N2O3/c1-4-5-10-17(2)14(18)11-16-13-8-6-12(7-9-13)15(19)20-3/h6-9,16H,4-5,10-11H2,1-3H3. The molecule has 0 saturated carbocycles. The molecule has 0 aliphatic heterocycles. The van der Waals surface area contributed by atoms with Crippen LogP contribution in [-0.2, 0) is 9.53 Å². The molecule has 0 aromatic heterocycles. The van der Waals surface area contributed by atoms with E-state index in [2.05, 4.69) is 17.0 Å². The van der Waals surface area contributed by atoms with Gasteiger partial charge in [-0.15, -0.1) is 0 Å². The number of unbranched alkanes of at least 4 members (excludes halogenated alkanes) is 1. The predicted octanol–water partition coefficient (Wildman–Crippen LogP) is 2.14. The number of anilines is 1. The van der Waals surface area contributed by atoms with Crippen LogP contribution in [0.4, 0.5) is 5.69 Å². The van der Waals surface area contributed by atoms with E-state index in [0.717, 1.165) is 25.1 Å². The van der Waals surface area contributed by atoms with Crippen LogP contribution in [-0.4, -0.2) is 44.0 Å². The number of hydrogen-bond donors (Lipinski definition) is 1. The average molecular weight is 278 g/mol. The summed E-state index contributed by atoms with van der Waals surface area (Å²) in [6, 6.07) is 6.84. The number of likely N-dealkylation sites (N-methyl/N-ethyl adjacent to an activating group) is 1. The first-order chi connectivity index (χ1) is 9.58. The molecule has 5 nitrogen and oxygen atoms in total. The summed E-state index contributed by atoms with van der Waals surface area (Å²) < 4.78 is 4.62. The lowest BCUT2D eigenvalue weighted by molar-refractivity contribution is -0.128. The zero-order valence-corrected chi connectivity index (χ0v) is 12.3. The van der Waals surface area contributed by atoms with E-state index in [1.165, 1.54) is 7.11 Å². The van der Waals surface area contributed by atoms with Gasteiger partial charge in [0.15, 0.2) is 0 Å². The molecule has 0 aliphatic carbocycles. The van der Waals surface area contributed by atoms with Crippen molar-refractivity contribution in [3.63, 3.8) is 0 Å². The number of methoxy groups -OCH3 is 1. The Morgan fingerprint density at radius 2 is 1.90 bits per heavy atom. The third-order valence-electron chi connectivity index (χ3n) is 3.02. The molecule has 1 aromatic carbocycles. The minimum absolute atomic E-state index is 0.0514. The molecule has 0 aliphatic rings. The Balaban J connectivity index is 2.45. The highest BCUT2D eigenvalue weighted by Gasteiger charge is 2.08. The van der Waals surface area contributed by atoms with Crippen molar-refractivity contribution < 1.29 is 14.3 Å². The molecule has 0 heterocycles. The molecule has 110 valence electrons. The topological polar surface area (TPSA) is 58.6 Å². The summed E-state index contributed by atoms with van der Waals surface area (Å²) in [5.74, 6) is -0.317. The molecular weight excluding hydrogens is 256 g/mol. The zero-order chi connectivity index (χ0) is 15.0. The van der Waals surface area contributed by atoms with Crippen molar-refractivity contribution in [1.29, 1.82) is 0 Å². The lowest BCUT2D eigenvalue weighted by Crippen LogP contribution is -2.32. The van der Waals surface area contributed by atoms with Crippen molar-refractivity contribution in [1.82, 2.24) is 4.90 Å². The molecular formula is C15H22N2O3. The fourth-order valence-corrected chi connectivity index (χ4v) is 1.67. The molecule has 5 heteroatoms. The Bertz CT molecular complexity index is 443. The monoisotopic (exact) mass is 278 g/mol. The van der Waals surface area contributed by atoms with Crippen molar-refractivity contribution in [3.8, 4) is 0 Å². The van der Waals surface area contributed by atoms with Crippen LogP contribution in [0.1, 0.15) is 30.1 Å². The Morgan fingerprint density at radius 3 is 2.45 bits per heavy atom. The van der Waals surface area contributed by atoms with Crippen molar-refractivity contribution >= 4 is 17.6 Å². The van der Waals surface area contributed by atoms with E-state index in [1.54, 1.807) is 36.2 Å². The van der Waals surface area contributed by atoms with Crippen LogP contribution >= 0.6 is 0 Å². The predicted molar refractivity (Wildman–Crippen MR) is 78.8 cm³/mol. The number of amides is 1. The first kappa shape index (κ1) is 16.0. The molecule has 1 N–H and O–H groups in total. The van der Waals surface area contributed by atoms with Crippen LogP contribution in [0.15, 0.2) is 24.3 Å². The van der Waals surface area contributed by atoms with E-state index in [4.69, 9.17) is 0 Å². The van der Waals surface area contributed by atoms with Gasteiger partial charge < -0.3 is 15.0 Å². The number of carbonyl (C=O) groups excluding carboxylic acids is 2. The highest BCUT2D eigenvalue weighted by atomic mass is 16.5. The number of rotatable bonds is 7. The molecule has 0 fully saturated rings. The number of benzene rings is 1. The van der Waals surface area contributed by atoms with E-state index in [-0.39, 0.29) is 18.4 Å². The third-order valence-corrected chi connectivity index (χ3v) is 3.02. The first-order valence-corrected chi connectivity index (χ1v) is 6.74. The summed E-state index contributed by atoms with van der Waals surface area (Å²) in [7, 11) is 3.15. The number of ether oxygens (including phenoxy) is 1. The Labute approximate surface area is 119 Å². The summed E-state index contributed by atoms with van der Waals surface area (Å²) in [5, 5.41) is 3.04. The third kappa shape index (κ3) is 4.91. The van der Waals surface area contributed by atoms with Gasteiger partial charge >= 0.3 is 5.97 Å². The fourth-order valence-electron chi connectivity index (χ4n) is 1.67. The maximum atomic E-state index is 11.8. The maximum absolute atomic E-state index is 11.8. The zero-order valence-electron chi connectivity index (χ0n) is 12.3. The minimum Gasteiger partial charge on any atom is -0.465 e. The van der Waals surface area contributed by atoms with Gasteiger partial charge in [0.25, 0.3) is 0 Å². The van der Waals surface area contributed by atoms with Crippen LogP contribution in [0.25, 0.3) is 0 Å². The van der Waals surface area contributed by atoms with Crippen molar-refractivity contribution in [3.05, 3.63) is 29.8 Å². The van der Waals surface area contributed by atoms with Gasteiger partial charge in [-0.05, 0) is 30.7 Å². The van der Waals surface area contributed by atoms with E-state index >= 15 is 0 Å². The van der Waals surface area contributed by atoms with Crippen molar-refractivity contribution in [2.24, 2.45) is 0 Å². The molecule has 0 saturated heterocycles. The number of nitrogens with zero attached hydrogens (tertiary/aromatic N) is 1. The van der Waals surface area contributed by atoms with Gasteiger partial charge in [-0.3, -0.25) is 4.79 Å². The van der Waals surface area contributed by atoms with Gasteiger partial charge in [-0.2, -0.15) is 0 Å². The Hall–Kier alpha value is -2.04. The van der Waals surface area contributed by atoms with Crippen LogP contribution in [0.3, 0.4) is 0 Å². The number of nitrogens with one attached hydrogen (secondary N) is 1. The van der Waals surface area contributed by atoms with Crippen molar-refractivity contribution in [2.75, 3.05) is 32.6 Å². The van der Waals surface area contributed by atoms with Gasteiger partial charge in [0, 0.05) is 19.3 Å². The summed E-state index contributed by atoms with van der Waals surface area (Å²) >= 11 is 0. The van der Waals surface area contributed by atoms with Crippen molar-refractivity contribution in [2.45, 2.75) is 19.8 Å². The van der Waals surface area contributed by atoms with Gasteiger partial charge in [-0.1, -0.05) is 13.3 Å². The lowest BCUT2D eigenvalue weighted by Gasteiger charge is -2.17. The molecule has 1 aromatic rings. The van der Waals surface area contributed by atoms with Crippen LogP contribution < -0.4 is 5.32 Å². The van der Waals surface area contributed by atoms with Crippen LogP contribution in [0.5, 0.6) is 0 Å². The largest absolute Gasteiger partial charge is 0.465 e. The second-order valence-corrected chi connectivity index (χ2v) is 4.59. The summed E-state index contributed by atoms with van der Waals surface area (Å²) in [6.07, 6.45) is 2.08. The number of carbonyl (C=O) groups is 2. The number of esters is 1. The van der Waals surface area contributed by atoms with E-state index < -0.39 is 0 Å². The number of hydrogen-bond acceptors (Lipinski definition) is 4. The molecule has 0 atom stereocenters. The van der Waals surface area contributed by atoms with E-state index in [1.807, 2.05) is 0 Å². The molecule has 0 bridgehead atoms. The summed E-state index contributed by atoms with van der Waals surface area (Å²) in [5.41, 5.74) is 1.29. The summed E-state index contributed by atoms with van der Waals surface area (Å²) in [4.78, 5) is 24.8. The minimum atomic E-state index is -0.369. The van der Waals surface area contributed by atoms with Crippen LogP contribution in [0.2, 0.25) is 0 Å². The van der Waals surface area contributed by atoms with Gasteiger partial charge in [-0.25, -0.2) is 4.79 Å². The molecule has 20 heavy (non-hydrogen) atoms. The Morgan fingerprint density at radius 1 is 1.25 bits per heavy atom. The van der Waals surface area contributed by atoms with Gasteiger partial charge in [0.05, 0.1) is 19.2 Å².